The molecule has 0 amide bonds. The van der Waals surface area contributed by atoms with Crippen LogP contribution in [0.25, 0.3) is 0 Å². The number of hydrogen-bond donors (Lipinski definition) is 1. The second-order valence-corrected chi connectivity index (χ2v) is 3.43. The monoisotopic (exact) mass is 179 g/mol. The molecule has 1 aromatic carbocycles. The van der Waals surface area contributed by atoms with Crippen LogP contribution in [0.15, 0.2) is 24.3 Å². The molecule has 2 atom stereocenters. The summed E-state index contributed by atoms with van der Waals surface area (Å²) in [5.41, 5.74) is 8.19. The van der Waals surface area contributed by atoms with E-state index in [9.17, 15) is 0 Å². The molecule has 1 rings (SSSR count). The first-order valence-electron chi connectivity index (χ1n) is 4.50. The van der Waals surface area contributed by atoms with Gasteiger partial charge in [-0.1, -0.05) is 29.8 Å². The highest BCUT2D eigenvalue weighted by Gasteiger charge is 2.14. The second kappa shape index (κ2) is 4.40. The average molecular weight is 179 g/mol. The maximum absolute atomic E-state index is 5.80. The minimum Gasteiger partial charge on any atom is -0.375 e. The molecular weight excluding hydrogens is 162 g/mol. The molecule has 13 heavy (non-hydrogen) atoms. The van der Waals surface area contributed by atoms with Gasteiger partial charge in [-0.2, -0.15) is 0 Å². The molecule has 2 nitrogen and oxygen atoms in total. The second-order valence-electron chi connectivity index (χ2n) is 3.43. The Hall–Kier alpha value is -0.860. The van der Waals surface area contributed by atoms with E-state index in [1.54, 1.807) is 7.11 Å². The Balaban J connectivity index is 2.91. The van der Waals surface area contributed by atoms with Gasteiger partial charge >= 0.3 is 0 Å². The largest absolute Gasteiger partial charge is 0.375 e. The van der Waals surface area contributed by atoms with Gasteiger partial charge in [0, 0.05) is 13.2 Å². The highest BCUT2D eigenvalue weighted by atomic mass is 16.5. The third-order valence-electron chi connectivity index (χ3n) is 2.10. The van der Waals surface area contributed by atoms with Gasteiger partial charge < -0.3 is 10.5 Å². The van der Waals surface area contributed by atoms with E-state index in [1.165, 1.54) is 5.56 Å². The van der Waals surface area contributed by atoms with Crippen LogP contribution < -0.4 is 5.73 Å². The molecule has 0 saturated carbocycles. The fourth-order valence-corrected chi connectivity index (χ4v) is 1.50. The van der Waals surface area contributed by atoms with Gasteiger partial charge in [-0.15, -0.1) is 0 Å². The topological polar surface area (TPSA) is 35.2 Å². The molecule has 72 valence electrons. The molecule has 0 radical (unpaired) electrons. The summed E-state index contributed by atoms with van der Waals surface area (Å²) in [6, 6.07) is 8.27. The smallest absolute Gasteiger partial charge is 0.0969 e. The van der Waals surface area contributed by atoms with Crippen molar-refractivity contribution in [2.24, 2.45) is 5.73 Å². The molecule has 0 heterocycles. The zero-order chi connectivity index (χ0) is 9.84. The zero-order valence-electron chi connectivity index (χ0n) is 8.45. The molecule has 0 aliphatic rings. The lowest BCUT2D eigenvalue weighted by Gasteiger charge is -2.19. The summed E-state index contributed by atoms with van der Waals surface area (Å²) in [4.78, 5) is 0. The SMILES string of the molecule is COC(c1cccc(C)c1)C(C)N. The summed E-state index contributed by atoms with van der Waals surface area (Å²) in [7, 11) is 1.69. The van der Waals surface area contributed by atoms with Crippen LogP contribution in [0.1, 0.15) is 24.2 Å². The van der Waals surface area contributed by atoms with Crippen LogP contribution in [0.5, 0.6) is 0 Å². The van der Waals surface area contributed by atoms with Crippen molar-refractivity contribution in [2.45, 2.75) is 26.0 Å². The molecule has 0 spiro atoms. The van der Waals surface area contributed by atoms with Crippen LogP contribution in [-0.4, -0.2) is 13.2 Å². The van der Waals surface area contributed by atoms with Crippen LogP contribution in [0.2, 0.25) is 0 Å². The quantitative estimate of drug-likeness (QED) is 0.770. The van der Waals surface area contributed by atoms with Crippen molar-refractivity contribution < 1.29 is 4.74 Å². The molecule has 2 unspecified atom stereocenters. The van der Waals surface area contributed by atoms with E-state index >= 15 is 0 Å². The third-order valence-corrected chi connectivity index (χ3v) is 2.10. The van der Waals surface area contributed by atoms with E-state index in [4.69, 9.17) is 10.5 Å². The number of nitrogens with two attached hydrogens (primary N) is 1. The highest BCUT2D eigenvalue weighted by molar-refractivity contribution is 5.25. The van der Waals surface area contributed by atoms with E-state index < -0.39 is 0 Å². The van der Waals surface area contributed by atoms with E-state index in [-0.39, 0.29) is 12.1 Å². The fraction of sp³-hybridized carbons (Fsp3) is 0.455. The first-order chi connectivity index (χ1) is 6.15. The Labute approximate surface area is 79.7 Å². The Morgan fingerprint density at radius 2 is 2.08 bits per heavy atom. The van der Waals surface area contributed by atoms with Gasteiger partial charge in [0.2, 0.25) is 0 Å². The van der Waals surface area contributed by atoms with Gasteiger partial charge in [-0.05, 0) is 19.4 Å². The summed E-state index contributed by atoms with van der Waals surface area (Å²) < 4.78 is 5.33. The lowest BCUT2D eigenvalue weighted by Crippen LogP contribution is -2.26. The maximum atomic E-state index is 5.80. The molecule has 0 fully saturated rings. The standard InChI is InChI=1S/C11H17NO/c1-8-5-4-6-10(7-8)11(13-3)9(2)12/h4-7,9,11H,12H2,1-3H3. The van der Waals surface area contributed by atoms with Gasteiger partial charge in [0.1, 0.15) is 0 Å². The Kier molecular flexibility index (Phi) is 3.46. The van der Waals surface area contributed by atoms with Crippen LogP contribution >= 0.6 is 0 Å². The van der Waals surface area contributed by atoms with Crippen LogP contribution in [0, 0.1) is 6.92 Å². The molecule has 0 aliphatic heterocycles. The molecule has 0 aromatic heterocycles. The number of benzene rings is 1. The first-order valence-corrected chi connectivity index (χ1v) is 4.50. The summed E-state index contributed by atoms with van der Waals surface area (Å²) in [6.07, 6.45) is -0.0000926. The van der Waals surface area contributed by atoms with Crippen LogP contribution in [0.4, 0.5) is 0 Å². The van der Waals surface area contributed by atoms with Crippen LogP contribution in [-0.2, 0) is 4.74 Å². The molecule has 1 aromatic rings. The van der Waals surface area contributed by atoms with Crippen molar-refractivity contribution >= 4 is 0 Å². The number of methoxy groups -OCH3 is 1. The van der Waals surface area contributed by atoms with Crippen molar-refractivity contribution in [3.8, 4) is 0 Å². The molecule has 2 heteroatoms. The molecule has 2 N–H and O–H groups in total. The Morgan fingerprint density at radius 1 is 1.38 bits per heavy atom. The number of ether oxygens (including phenoxy) is 1. The number of aryl methyl sites for hydroxylation is 1. The fourth-order valence-electron chi connectivity index (χ4n) is 1.50. The highest BCUT2D eigenvalue weighted by Crippen LogP contribution is 2.19. The van der Waals surface area contributed by atoms with Gasteiger partial charge in [0.25, 0.3) is 0 Å². The predicted molar refractivity (Wildman–Crippen MR) is 54.6 cm³/mol. The maximum Gasteiger partial charge on any atom is 0.0969 e. The third kappa shape index (κ3) is 2.54. The molecule has 0 bridgehead atoms. The summed E-state index contributed by atoms with van der Waals surface area (Å²) >= 11 is 0. The minimum atomic E-state index is -0.0000926. The van der Waals surface area contributed by atoms with Crippen molar-refractivity contribution in [1.29, 1.82) is 0 Å². The lowest BCUT2D eigenvalue weighted by molar-refractivity contribution is 0.0853. The van der Waals surface area contributed by atoms with E-state index in [0.717, 1.165) is 5.56 Å². The number of hydrogen-bond acceptors (Lipinski definition) is 2. The first kappa shape index (κ1) is 10.2. The summed E-state index contributed by atoms with van der Waals surface area (Å²) in [5.74, 6) is 0. The van der Waals surface area contributed by atoms with E-state index in [2.05, 4.69) is 19.1 Å². The normalized spacial score (nSPS) is 15.4. The van der Waals surface area contributed by atoms with E-state index in [0.29, 0.717) is 0 Å². The zero-order valence-corrected chi connectivity index (χ0v) is 8.45. The minimum absolute atomic E-state index is 0.0000926. The van der Waals surface area contributed by atoms with Crippen molar-refractivity contribution in [3.63, 3.8) is 0 Å². The van der Waals surface area contributed by atoms with Crippen molar-refractivity contribution in [1.82, 2.24) is 0 Å². The molecule has 0 saturated heterocycles. The van der Waals surface area contributed by atoms with Crippen LogP contribution in [0.3, 0.4) is 0 Å². The summed E-state index contributed by atoms with van der Waals surface area (Å²) in [6.45, 7) is 4.02. The van der Waals surface area contributed by atoms with Gasteiger partial charge in [-0.25, -0.2) is 0 Å². The predicted octanol–water partition coefficient (Wildman–Crippen LogP) is 2.03. The van der Waals surface area contributed by atoms with Crippen molar-refractivity contribution in [3.05, 3.63) is 35.4 Å². The summed E-state index contributed by atoms with van der Waals surface area (Å²) in [5, 5.41) is 0. The van der Waals surface area contributed by atoms with Gasteiger partial charge in [-0.3, -0.25) is 0 Å². The Bertz CT molecular complexity index is 271. The molecular formula is C11H17NO. The van der Waals surface area contributed by atoms with E-state index in [1.807, 2.05) is 19.1 Å². The van der Waals surface area contributed by atoms with Gasteiger partial charge in [0.05, 0.1) is 6.10 Å². The number of rotatable bonds is 3. The van der Waals surface area contributed by atoms with Gasteiger partial charge in [0.15, 0.2) is 0 Å². The van der Waals surface area contributed by atoms with Crippen molar-refractivity contribution in [2.75, 3.05) is 7.11 Å². The lowest BCUT2D eigenvalue weighted by atomic mass is 10.0. The molecule has 0 aliphatic carbocycles. The Morgan fingerprint density at radius 3 is 2.54 bits per heavy atom. The average Bonchev–Trinajstić information content (AvgIpc) is 2.04.